The molecule has 6 heteroatoms. The molecule has 0 saturated heterocycles. The maximum Gasteiger partial charge on any atom is 0.207 e. The highest BCUT2D eigenvalue weighted by Gasteiger charge is 2.25. The van der Waals surface area contributed by atoms with E-state index in [1.807, 2.05) is 0 Å². The molecule has 0 atom stereocenters. The van der Waals surface area contributed by atoms with E-state index in [4.69, 9.17) is 20.4 Å². The SMILES string of the molecule is CC(=O)c1c(O)c(O)c(O)c(O)c1F. The Morgan fingerprint density at radius 1 is 1.00 bits per heavy atom. The summed E-state index contributed by atoms with van der Waals surface area (Å²) in [5, 5.41) is 35.8. The Kier molecular flexibility index (Phi) is 2.21. The van der Waals surface area contributed by atoms with Gasteiger partial charge < -0.3 is 20.4 Å². The van der Waals surface area contributed by atoms with Crippen LogP contribution in [0.1, 0.15) is 17.3 Å². The summed E-state index contributed by atoms with van der Waals surface area (Å²) in [5.41, 5.74) is -0.863. The lowest BCUT2D eigenvalue weighted by molar-refractivity contribution is 0.100. The summed E-state index contributed by atoms with van der Waals surface area (Å²) < 4.78 is 13.1. The van der Waals surface area contributed by atoms with Crippen molar-refractivity contribution in [3.63, 3.8) is 0 Å². The molecule has 1 aromatic rings. The highest BCUT2D eigenvalue weighted by atomic mass is 19.1. The van der Waals surface area contributed by atoms with Gasteiger partial charge in [0.1, 0.15) is 5.56 Å². The minimum absolute atomic E-state index is 0.863. The first-order chi connectivity index (χ1) is 6.37. The van der Waals surface area contributed by atoms with E-state index in [9.17, 15) is 9.18 Å². The van der Waals surface area contributed by atoms with Crippen molar-refractivity contribution in [1.82, 2.24) is 0 Å². The number of rotatable bonds is 1. The molecule has 0 unspecified atom stereocenters. The first-order valence-electron chi connectivity index (χ1n) is 3.54. The molecule has 0 heterocycles. The van der Waals surface area contributed by atoms with Gasteiger partial charge in [-0.2, -0.15) is 0 Å². The van der Waals surface area contributed by atoms with Gasteiger partial charge in [-0.3, -0.25) is 4.79 Å². The Hall–Kier alpha value is -1.98. The Balaban J connectivity index is 3.68. The van der Waals surface area contributed by atoms with E-state index >= 15 is 0 Å². The van der Waals surface area contributed by atoms with E-state index in [2.05, 4.69) is 0 Å². The van der Waals surface area contributed by atoms with Gasteiger partial charge in [0.25, 0.3) is 0 Å². The number of aromatic hydroxyl groups is 4. The van der Waals surface area contributed by atoms with Gasteiger partial charge in [-0.15, -0.1) is 0 Å². The molecule has 0 aliphatic heterocycles. The van der Waals surface area contributed by atoms with Gasteiger partial charge >= 0.3 is 0 Å². The van der Waals surface area contributed by atoms with E-state index < -0.39 is 40.2 Å². The third kappa shape index (κ3) is 1.20. The van der Waals surface area contributed by atoms with Crippen LogP contribution in [0.2, 0.25) is 0 Å². The number of hydrogen-bond acceptors (Lipinski definition) is 5. The number of ketones is 1. The fourth-order valence-electron chi connectivity index (χ4n) is 0.990. The average molecular weight is 202 g/mol. The zero-order valence-electron chi connectivity index (χ0n) is 7.08. The molecule has 5 nitrogen and oxygen atoms in total. The lowest BCUT2D eigenvalue weighted by atomic mass is 10.1. The number of phenols is 4. The summed E-state index contributed by atoms with van der Waals surface area (Å²) in [4.78, 5) is 10.8. The van der Waals surface area contributed by atoms with Crippen LogP contribution >= 0.6 is 0 Å². The van der Waals surface area contributed by atoms with Crippen molar-refractivity contribution < 1.29 is 29.6 Å². The molecule has 0 fully saturated rings. The van der Waals surface area contributed by atoms with Crippen molar-refractivity contribution in [2.24, 2.45) is 0 Å². The minimum Gasteiger partial charge on any atom is -0.504 e. The van der Waals surface area contributed by atoms with Crippen molar-refractivity contribution in [3.8, 4) is 23.0 Å². The monoisotopic (exact) mass is 202 g/mol. The second kappa shape index (κ2) is 3.06. The Bertz CT molecular complexity index is 384. The van der Waals surface area contributed by atoms with E-state index in [1.165, 1.54) is 0 Å². The third-order valence-electron chi connectivity index (χ3n) is 1.69. The number of carbonyl (C=O) groups excluding carboxylic acids is 1. The van der Waals surface area contributed by atoms with Crippen LogP contribution in [0, 0.1) is 5.82 Å². The normalized spacial score (nSPS) is 10.1. The van der Waals surface area contributed by atoms with Crippen molar-refractivity contribution >= 4 is 5.78 Å². The second-order valence-corrected chi connectivity index (χ2v) is 2.64. The summed E-state index contributed by atoms with van der Waals surface area (Å²) in [6.45, 7) is 0.939. The molecule has 0 spiro atoms. The Labute approximate surface area is 77.7 Å². The van der Waals surface area contributed by atoms with Crippen molar-refractivity contribution in [3.05, 3.63) is 11.4 Å². The highest BCUT2D eigenvalue weighted by Crippen LogP contribution is 2.46. The number of hydrogen-bond donors (Lipinski definition) is 4. The summed E-state index contributed by atoms with van der Waals surface area (Å²) >= 11 is 0. The van der Waals surface area contributed by atoms with Crippen molar-refractivity contribution in [2.45, 2.75) is 6.92 Å². The Morgan fingerprint density at radius 3 is 1.86 bits per heavy atom. The number of Topliss-reactive ketones (excluding diaryl/α,β-unsaturated/α-hetero) is 1. The molecule has 1 rings (SSSR count). The second-order valence-electron chi connectivity index (χ2n) is 2.64. The van der Waals surface area contributed by atoms with E-state index in [0.29, 0.717) is 0 Å². The molecular weight excluding hydrogens is 195 g/mol. The van der Waals surface area contributed by atoms with Crippen LogP contribution in [-0.4, -0.2) is 26.2 Å². The maximum atomic E-state index is 13.1. The molecule has 1 aromatic carbocycles. The number of benzene rings is 1. The standard InChI is InChI=1S/C8H7FO5/c1-2(10)3-4(9)6(12)8(14)7(13)5(3)11/h11-14H,1H3. The van der Waals surface area contributed by atoms with Crippen LogP contribution in [-0.2, 0) is 0 Å². The fourth-order valence-corrected chi connectivity index (χ4v) is 0.990. The molecule has 76 valence electrons. The Morgan fingerprint density at radius 2 is 1.43 bits per heavy atom. The number of phenolic OH excluding ortho intramolecular Hbond substituents is 4. The lowest BCUT2D eigenvalue weighted by Crippen LogP contribution is -1.98. The molecular formula is C8H7FO5. The predicted molar refractivity (Wildman–Crippen MR) is 43.1 cm³/mol. The molecule has 0 aromatic heterocycles. The van der Waals surface area contributed by atoms with Crippen LogP contribution in [0.5, 0.6) is 23.0 Å². The molecule has 14 heavy (non-hydrogen) atoms. The van der Waals surface area contributed by atoms with Crippen molar-refractivity contribution in [1.29, 1.82) is 0 Å². The average Bonchev–Trinajstić information content (AvgIpc) is 2.11. The van der Waals surface area contributed by atoms with Gasteiger partial charge in [-0.1, -0.05) is 0 Å². The van der Waals surface area contributed by atoms with Crippen LogP contribution < -0.4 is 0 Å². The largest absolute Gasteiger partial charge is 0.504 e. The topological polar surface area (TPSA) is 98.0 Å². The van der Waals surface area contributed by atoms with Crippen molar-refractivity contribution in [2.75, 3.05) is 0 Å². The van der Waals surface area contributed by atoms with Crippen LogP contribution in [0.3, 0.4) is 0 Å². The quantitative estimate of drug-likeness (QED) is 0.307. The van der Waals surface area contributed by atoms with Crippen LogP contribution in [0.4, 0.5) is 4.39 Å². The predicted octanol–water partition coefficient (Wildman–Crippen LogP) is 0.851. The molecule has 4 N–H and O–H groups in total. The van der Waals surface area contributed by atoms with Gasteiger partial charge in [-0.05, 0) is 6.92 Å². The molecule has 0 aliphatic rings. The van der Waals surface area contributed by atoms with Gasteiger partial charge in [0.05, 0.1) is 0 Å². The summed E-state index contributed by atoms with van der Waals surface area (Å²) in [6.07, 6.45) is 0. The zero-order chi connectivity index (χ0) is 11.0. The maximum absolute atomic E-state index is 13.1. The van der Waals surface area contributed by atoms with E-state index in [1.54, 1.807) is 0 Å². The van der Waals surface area contributed by atoms with Gasteiger partial charge in [0.2, 0.25) is 11.5 Å². The van der Waals surface area contributed by atoms with Gasteiger partial charge in [-0.25, -0.2) is 4.39 Å². The summed E-state index contributed by atoms with van der Waals surface area (Å²) in [5.74, 6) is -7.05. The number of halogens is 1. The minimum atomic E-state index is -1.47. The smallest absolute Gasteiger partial charge is 0.207 e. The molecule has 0 aliphatic carbocycles. The molecule has 0 saturated carbocycles. The molecule has 0 bridgehead atoms. The van der Waals surface area contributed by atoms with Crippen LogP contribution in [0.25, 0.3) is 0 Å². The lowest BCUT2D eigenvalue weighted by Gasteiger charge is -2.08. The van der Waals surface area contributed by atoms with E-state index in [-0.39, 0.29) is 0 Å². The number of carbonyl (C=O) groups is 1. The first-order valence-corrected chi connectivity index (χ1v) is 3.54. The van der Waals surface area contributed by atoms with Gasteiger partial charge in [0.15, 0.2) is 23.1 Å². The van der Waals surface area contributed by atoms with E-state index in [0.717, 1.165) is 6.92 Å². The highest BCUT2D eigenvalue weighted by molar-refractivity contribution is 5.99. The fraction of sp³-hybridized carbons (Fsp3) is 0.125. The first kappa shape index (κ1) is 10.1. The third-order valence-corrected chi connectivity index (χ3v) is 1.69. The molecule has 0 amide bonds. The summed E-state index contributed by atoms with van der Waals surface area (Å²) in [6, 6.07) is 0. The van der Waals surface area contributed by atoms with Crippen LogP contribution in [0.15, 0.2) is 0 Å². The van der Waals surface area contributed by atoms with Gasteiger partial charge in [0, 0.05) is 0 Å². The summed E-state index contributed by atoms with van der Waals surface area (Å²) in [7, 11) is 0. The zero-order valence-corrected chi connectivity index (χ0v) is 7.08. The molecule has 0 radical (unpaired) electrons.